The van der Waals surface area contributed by atoms with Gasteiger partial charge in [-0.15, -0.1) is 0 Å². The summed E-state index contributed by atoms with van der Waals surface area (Å²) in [4.78, 5) is 20.2. The van der Waals surface area contributed by atoms with Crippen LogP contribution < -0.4 is 5.32 Å². The van der Waals surface area contributed by atoms with Crippen LogP contribution in [-0.2, 0) is 0 Å². The fourth-order valence-corrected chi connectivity index (χ4v) is 4.55. The fourth-order valence-electron chi connectivity index (χ4n) is 3.66. The molecule has 0 aliphatic carbocycles. The van der Waals surface area contributed by atoms with Crippen LogP contribution in [-0.4, -0.2) is 52.6 Å². The van der Waals surface area contributed by atoms with Gasteiger partial charge in [0.25, 0.3) is 5.91 Å². The smallest absolute Gasteiger partial charge is 0.251 e. The first-order valence-electron chi connectivity index (χ1n) is 10.3. The molecular formula is C24H27N5OS. The van der Waals surface area contributed by atoms with Crippen LogP contribution in [0.4, 0.5) is 0 Å². The predicted octanol–water partition coefficient (Wildman–Crippen LogP) is 4.44. The number of aromatic nitrogens is 3. The van der Waals surface area contributed by atoms with Crippen molar-refractivity contribution >= 4 is 22.2 Å². The van der Waals surface area contributed by atoms with E-state index in [1.807, 2.05) is 79.4 Å². The van der Waals surface area contributed by atoms with Crippen molar-refractivity contribution in [2.75, 3.05) is 27.2 Å². The third-order valence-corrected chi connectivity index (χ3v) is 5.95. The number of hydrogen-bond donors (Lipinski definition) is 1. The van der Waals surface area contributed by atoms with Gasteiger partial charge in [0.1, 0.15) is 5.01 Å². The summed E-state index contributed by atoms with van der Waals surface area (Å²) in [5, 5.41) is 8.59. The topological polar surface area (TPSA) is 62.5 Å². The summed E-state index contributed by atoms with van der Waals surface area (Å²) < 4.78 is 1.82. The lowest BCUT2D eigenvalue weighted by molar-refractivity contribution is 0.0929. The van der Waals surface area contributed by atoms with Crippen molar-refractivity contribution in [1.29, 1.82) is 0 Å². The van der Waals surface area contributed by atoms with Crippen molar-refractivity contribution in [3.63, 3.8) is 0 Å². The van der Waals surface area contributed by atoms with Gasteiger partial charge in [0.05, 0.1) is 11.9 Å². The lowest BCUT2D eigenvalue weighted by atomic mass is 9.93. The van der Waals surface area contributed by atoms with Crippen LogP contribution in [0.3, 0.4) is 0 Å². The molecule has 0 spiro atoms. The molecule has 7 heteroatoms. The molecule has 4 rings (SSSR count). The second-order valence-electron chi connectivity index (χ2n) is 8.79. The van der Waals surface area contributed by atoms with Crippen LogP contribution in [0.1, 0.15) is 24.2 Å². The third kappa shape index (κ3) is 5.00. The highest BCUT2D eigenvalue weighted by Gasteiger charge is 2.20. The SMILES string of the molecule is CN(C)CC(C)(C)CNC(=O)c1ccc(-c2nn3cc(-c4ccccc4)nc3s2)cc1. The minimum Gasteiger partial charge on any atom is -0.351 e. The van der Waals surface area contributed by atoms with E-state index in [9.17, 15) is 4.79 Å². The number of carbonyl (C=O) groups is 1. The quantitative estimate of drug-likeness (QED) is 0.468. The Bertz CT molecular complexity index is 1140. The van der Waals surface area contributed by atoms with Crippen molar-refractivity contribution in [1.82, 2.24) is 24.8 Å². The summed E-state index contributed by atoms with van der Waals surface area (Å²) in [5.74, 6) is -0.0557. The van der Waals surface area contributed by atoms with E-state index in [2.05, 4.69) is 29.2 Å². The summed E-state index contributed by atoms with van der Waals surface area (Å²) in [7, 11) is 4.08. The molecule has 4 aromatic rings. The Morgan fingerprint density at radius 2 is 1.77 bits per heavy atom. The lowest BCUT2D eigenvalue weighted by Gasteiger charge is -2.28. The van der Waals surface area contributed by atoms with Crippen LogP contribution >= 0.6 is 11.3 Å². The molecule has 0 atom stereocenters. The Morgan fingerprint density at radius 3 is 2.42 bits per heavy atom. The van der Waals surface area contributed by atoms with Crippen LogP contribution in [0, 0.1) is 5.41 Å². The molecule has 1 N–H and O–H groups in total. The minimum atomic E-state index is -0.0557. The van der Waals surface area contributed by atoms with Gasteiger partial charge in [0.15, 0.2) is 0 Å². The number of hydrogen-bond acceptors (Lipinski definition) is 5. The van der Waals surface area contributed by atoms with Gasteiger partial charge in [0, 0.05) is 29.8 Å². The number of nitrogens with zero attached hydrogens (tertiary/aromatic N) is 4. The Labute approximate surface area is 186 Å². The highest BCUT2D eigenvalue weighted by atomic mass is 32.1. The number of amides is 1. The minimum absolute atomic E-state index is 0.00734. The normalized spacial score (nSPS) is 11.9. The third-order valence-electron chi connectivity index (χ3n) is 4.98. The van der Waals surface area contributed by atoms with Crippen molar-refractivity contribution in [3.8, 4) is 21.8 Å². The van der Waals surface area contributed by atoms with Crippen LogP contribution in [0.5, 0.6) is 0 Å². The van der Waals surface area contributed by atoms with Gasteiger partial charge in [-0.1, -0.05) is 67.6 Å². The van der Waals surface area contributed by atoms with E-state index in [4.69, 9.17) is 4.98 Å². The molecule has 2 aromatic heterocycles. The van der Waals surface area contributed by atoms with Crippen molar-refractivity contribution < 1.29 is 4.79 Å². The van der Waals surface area contributed by atoms with Gasteiger partial charge < -0.3 is 10.2 Å². The first kappa shape index (κ1) is 21.2. The zero-order valence-electron chi connectivity index (χ0n) is 18.3. The molecule has 160 valence electrons. The number of rotatable bonds is 7. The monoisotopic (exact) mass is 433 g/mol. The maximum absolute atomic E-state index is 12.5. The zero-order chi connectivity index (χ0) is 22.0. The molecule has 0 saturated heterocycles. The van der Waals surface area contributed by atoms with Gasteiger partial charge in [-0.3, -0.25) is 4.79 Å². The number of nitrogens with one attached hydrogen (secondary N) is 1. The summed E-state index contributed by atoms with van der Waals surface area (Å²) in [6.07, 6.45) is 1.95. The number of fused-ring (bicyclic) bond motifs is 1. The van der Waals surface area contributed by atoms with E-state index < -0.39 is 0 Å². The Kier molecular flexibility index (Phi) is 5.89. The highest BCUT2D eigenvalue weighted by Crippen LogP contribution is 2.28. The maximum Gasteiger partial charge on any atom is 0.251 e. The maximum atomic E-state index is 12.5. The largest absolute Gasteiger partial charge is 0.351 e. The Morgan fingerprint density at radius 1 is 1.06 bits per heavy atom. The molecule has 0 unspecified atom stereocenters. The number of imidazole rings is 1. The van der Waals surface area contributed by atoms with Gasteiger partial charge in [0.2, 0.25) is 4.96 Å². The Balaban J connectivity index is 1.44. The molecule has 0 bridgehead atoms. The molecule has 0 saturated carbocycles. The van der Waals surface area contributed by atoms with E-state index in [0.717, 1.165) is 33.3 Å². The summed E-state index contributed by atoms with van der Waals surface area (Å²) >= 11 is 1.53. The fraction of sp³-hybridized carbons (Fsp3) is 0.292. The van der Waals surface area contributed by atoms with Gasteiger partial charge in [-0.2, -0.15) is 5.10 Å². The lowest BCUT2D eigenvalue weighted by Crippen LogP contribution is -2.39. The summed E-state index contributed by atoms with van der Waals surface area (Å²) in [6.45, 7) is 5.83. The van der Waals surface area contributed by atoms with E-state index in [-0.39, 0.29) is 11.3 Å². The summed E-state index contributed by atoms with van der Waals surface area (Å²) in [5.41, 5.74) is 3.62. The van der Waals surface area contributed by atoms with Gasteiger partial charge in [-0.05, 0) is 31.6 Å². The first-order valence-corrected chi connectivity index (χ1v) is 11.1. The van der Waals surface area contributed by atoms with E-state index >= 15 is 0 Å². The van der Waals surface area contributed by atoms with E-state index in [1.165, 1.54) is 11.3 Å². The van der Waals surface area contributed by atoms with Gasteiger partial charge >= 0.3 is 0 Å². The molecule has 0 radical (unpaired) electrons. The standard InChI is InChI=1S/C24H27N5OS/c1-24(2,16-28(3)4)15-25-21(30)18-10-12-19(13-11-18)22-27-29-14-20(26-23(29)31-22)17-8-6-5-7-9-17/h5-14H,15-16H2,1-4H3,(H,25,30). The van der Waals surface area contributed by atoms with Crippen LogP contribution in [0.15, 0.2) is 60.8 Å². The molecule has 1 amide bonds. The molecule has 6 nitrogen and oxygen atoms in total. The van der Waals surface area contributed by atoms with Crippen molar-refractivity contribution in [2.45, 2.75) is 13.8 Å². The van der Waals surface area contributed by atoms with E-state index in [1.54, 1.807) is 0 Å². The molecule has 2 heterocycles. The number of carbonyl (C=O) groups excluding carboxylic acids is 1. The van der Waals surface area contributed by atoms with Crippen LogP contribution in [0.25, 0.3) is 26.8 Å². The van der Waals surface area contributed by atoms with Gasteiger partial charge in [-0.25, -0.2) is 9.50 Å². The van der Waals surface area contributed by atoms with Crippen LogP contribution in [0.2, 0.25) is 0 Å². The summed E-state index contributed by atoms with van der Waals surface area (Å²) in [6, 6.07) is 17.7. The van der Waals surface area contributed by atoms with E-state index in [0.29, 0.717) is 12.1 Å². The average Bonchev–Trinajstić information content (AvgIpc) is 3.31. The Hall–Kier alpha value is -3.03. The van der Waals surface area contributed by atoms with Crippen molar-refractivity contribution in [2.24, 2.45) is 5.41 Å². The first-order chi connectivity index (χ1) is 14.8. The average molecular weight is 434 g/mol. The zero-order valence-corrected chi connectivity index (χ0v) is 19.1. The highest BCUT2D eigenvalue weighted by molar-refractivity contribution is 7.19. The predicted molar refractivity (Wildman–Crippen MR) is 126 cm³/mol. The second kappa shape index (κ2) is 8.61. The second-order valence-corrected chi connectivity index (χ2v) is 9.74. The molecule has 0 fully saturated rings. The number of benzene rings is 2. The molecule has 2 aromatic carbocycles. The molecule has 0 aliphatic rings. The van der Waals surface area contributed by atoms with Crippen molar-refractivity contribution in [3.05, 3.63) is 66.4 Å². The molecule has 31 heavy (non-hydrogen) atoms. The molecular weight excluding hydrogens is 406 g/mol. The molecule has 0 aliphatic heterocycles.